The lowest BCUT2D eigenvalue weighted by Gasteiger charge is -2.34. The lowest BCUT2D eigenvalue weighted by atomic mass is 9.95. The third kappa shape index (κ3) is 6.07. The lowest BCUT2D eigenvalue weighted by molar-refractivity contribution is 0.183. The number of rotatable bonds is 8. The van der Waals surface area contributed by atoms with E-state index >= 15 is 0 Å². The Morgan fingerprint density at radius 3 is 2.12 bits per heavy atom. The van der Waals surface area contributed by atoms with Crippen LogP contribution in [0.2, 0.25) is 0 Å². The molecule has 34 heavy (non-hydrogen) atoms. The highest BCUT2D eigenvalue weighted by Gasteiger charge is 2.28. The number of para-hydroxylation sites is 1. The van der Waals surface area contributed by atoms with Crippen LogP contribution in [0, 0.1) is 0 Å². The summed E-state index contributed by atoms with van der Waals surface area (Å²) in [5.74, 6) is 0.819. The van der Waals surface area contributed by atoms with Crippen LogP contribution in [0.5, 0.6) is 5.75 Å². The number of hydrogen-bond donors (Lipinski definition) is 1. The molecule has 0 spiro atoms. The monoisotopic (exact) mass is 454 g/mol. The molecule has 3 aromatic rings. The summed E-state index contributed by atoms with van der Waals surface area (Å²) >= 11 is 0. The van der Waals surface area contributed by atoms with E-state index in [1.165, 1.54) is 19.3 Å². The average Bonchev–Trinajstić information content (AvgIpc) is 2.90. The van der Waals surface area contributed by atoms with E-state index in [1.807, 2.05) is 71.6 Å². The van der Waals surface area contributed by atoms with Gasteiger partial charge in [-0.1, -0.05) is 110 Å². The quantitative estimate of drug-likeness (QED) is 0.405. The van der Waals surface area contributed by atoms with Crippen molar-refractivity contribution in [3.63, 3.8) is 0 Å². The van der Waals surface area contributed by atoms with Crippen LogP contribution in [0.15, 0.2) is 91.0 Å². The van der Waals surface area contributed by atoms with Crippen molar-refractivity contribution >= 4 is 12.1 Å². The molecular weight excluding hydrogens is 420 g/mol. The summed E-state index contributed by atoms with van der Waals surface area (Å²) in [5.41, 5.74) is 3.19. The van der Waals surface area contributed by atoms with Crippen LogP contribution in [0.3, 0.4) is 0 Å². The van der Waals surface area contributed by atoms with Gasteiger partial charge in [0.25, 0.3) is 0 Å². The molecule has 3 aromatic carbocycles. The molecule has 0 bridgehead atoms. The third-order valence-electron chi connectivity index (χ3n) is 6.47. The predicted octanol–water partition coefficient (Wildman–Crippen LogP) is 6.84. The number of carbonyl (C=O) groups excluding carboxylic acids is 1. The smallest absolute Gasteiger partial charge is 0.318 e. The second kappa shape index (κ2) is 12.1. The number of methoxy groups -OCH3 is 1. The fraction of sp³-hybridized carbons (Fsp3) is 0.300. The van der Waals surface area contributed by atoms with Crippen LogP contribution in [0.1, 0.15) is 54.8 Å². The second-order valence-corrected chi connectivity index (χ2v) is 8.81. The van der Waals surface area contributed by atoms with E-state index in [0.29, 0.717) is 6.54 Å². The molecule has 1 N–H and O–H groups in total. The first-order valence-corrected chi connectivity index (χ1v) is 12.2. The number of ether oxygens (including phenoxy) is 1. The van der Waals surface area contributed by atoms with Crippen LogP contribution in [0.25, 0.3) is 6.08 Å². The number of nitrogens with one attached hydrogen (secondary N) is 1. The fourth-order valence-electron chi connectivity index (χ4n) is 4.73. The van der Waals surface area contributed by atoms with Gasteiger partial charge in [-0.05, 0) is 30.0 Å². The largest absolute Gasteiger partial charge is 0.496 e. The molecule has 0 radical (unpaired) electrons. The summed E-state index contributed by atoms with van der Waals surface area (Å²) < 4.78 is 5.49. The van der Waals surface area contributed by atoms with Gasteiger partial charge in [0, 0.05) is 18.2 Å². The maximum atomic E-state index is 13.7. The van der Waals surface area contributed by atoms with E-state index in [4.69, 9.17) is 4.74 Å². The Kier molecular flexibility index (Phi) is 8.39. The molecule has 1 saturated carbocycles. The molecule has 1 fully saturated rings. The summed E-state index contributed by atoms with van der Waals surface area (Å²) in [5, 5.41) is 3.34. The van der Waals surface area contributed by atoms with Gasteiger partial charge < -0.3 is 15.0 Å². The molecular formula is C30H34N2O2. The van der Waals surface area contributed by atoms with E-state index in [1.54, 1.807) is 7.11 Å². The maximum Gasteiger partial charge on any atom is 0.318 e. The van der Waals surface area contributed by atoms with Crippen LogP contribution in [-0.4, -0.2) is 30.6 Å². The van der Waals surface area contributed by atoms with Gasteiger partial charge in [-0.3, -0.25) is 0 Å². The third-order valence-corrected chi connectivity index (χ3v) is 6.47. The molecule has 176 valence electrons. The Morgan fingerprint density at radius 1 is 0.912 bits per heavy atom. The summed E-state index contributed by atoms with van der Waals surface area (Å²) in [4.78, 5) is 15.7. The fourth-order valence-corrected chi connectivity index (χ4v) is 4.73. The first-order valence-electron chi connectivity index (χ1n) is 12.2. The molecule has 0 saturated heterocycles. The number of hydrogen-bond acceptors (Lipinski definition) is 2. The van der Waals surface area contributed by atoms with Crippen molar-refractivity contribution in [2.75, 3.05) is 13.7 Å². The van der Waals surface area contributed by atoms with Gasteiger partial charge in [0.1, 0.15) is 5.75 Å². The molecule has 0 unspecified atom stereocenters. The molecule has 1 aliphatic carbocycles. The minimum absolute atomic E-state index is 0.0192. The number of benzene rings is 3. The minimum atomic E-state index is -0.187. The van der Waals surface area contributed by atoms with Crippen molar-refractivity contribution in [2.45, 2.75) is 44.2 Å². The zero-order chi connectivity index (χ0) is 23.6. The Hall–Kier alpha value is -3.53. The molecule has 2 amide bonds. The minimum Gasteiger partial charge on any atom is -0.496 e. The van der Waals surface area contributed by atoms with E-state index in [2.05, 4.69) is 35.7 Å². The summed E-state index contributed by atoms with van der Waals surface area (Å²) in [6.45, 7) is 0.477. The maximum absolute atomic E-state index is 13.7. The molecule has 1 aliphatic rings. The van der Waals surface area contributed by atoms with Crippen molar-refractivity contribution in [1.82, 2.24) is 10.2 Å². The highest BCUT2D eigenvalue weighted by Crippen LogP contribution is 2.30. The van der Waals surface area contributed by atoms with Gasteiger partial charge >= 0.3 is 6.03 Å². The van der Waals surface area contributed by atoms with Gasteiger partial charge in [-0.25, -0.2) is 4.79 Å². The van der Waals surface area contributed by atoms with E-state index in [0.717, 1.165) is 35.3 Å². The topological polar surface area (TPSA) is 41.6 Å². The predicted molar refractivity (Wildman–Crippen MR) is 139 cm³/mol. The standard InChI is InChI=1S/C30H34N2O2/c1-34-28-22-12-11-14-24(28)19-13-23-32(30(33)31-27-20-9-4-10-21-27)29(25-15-5-2-6-16-25)26-17-7-3-8-18-26/h2-3,5-8,11-19,22,27,29H,4,9-10,20-21,23H2,1H3,(H,31,33)/b19-13+. The SMILES string of the molecule is COc1ccccc1/C=C/CN(C(=O)NC1CCCCC1)C(c1ccccc1)c1ccccc1. The Labute approximate surface area is 203 Å². The lowest BCUT2D eigenvalue weighted by Crippen LogP contribution is -2.47. The van der Waals surface area contributed by atoms with Crippen molar-refractivity contribution in [3.05, 3.63) is 108 Å². The summed E-state index contributed by atoms with van der Waals surface area (Å²) in [6, 6.07) is 28.5. The summed E-state index contributed by atoms with van der Waals surface area (Å²) in [7, 11) is 1.68. The highest BCUT2D eigenvalue weighted by molar-refractivity contribution is 5.76. The highest BCUT2D eigenvalue weighted by atomic mass is 16.5. The van der Waals surface area contributed by atoms with Gasteiger partial charge in [-0.15, -0.1) is 0 Å². The number of nitrogens with zero attached hydrogens (tertiary/aromatic N) is 1. The number of urea groups is 1. The molecule has 0 aliphatic heterocycles. The zero-order valence-corrected chi connectivity index (χ0v) is 19.9. The number of carbonyl (C=O) groups is 1. The molecule has 4 rings (SSSR count). The van der Waals surface area contributed by atoms with E-state index < -0.39 is 0 Å². The van der Waals surface area contributed by atoms with Crippen molar-refractivity contribution in [1.29, 1.82) is 0 Å². The Balaban J connectivity index is 1.66. The molecule has 4 heteroatoms. The molecule has 0 aromatic heterocycles. The first-order chi connectivity index (χ1) is 16.8. The average molecular weight is 455 g/mol. The first kappa shape index (κ1) is 23.6. The van der Waals surface area contributed by atoms with Gasteiger partial charge in [0.05, 0.1) is 13.2 Å². The van der Waals surface area contributed by atoms with Gasteiger partial charge in [0.15, 0.2) is 0 Å². The Bertz CT molecular complexity index is 1020. The van der Waals surface area contributed by atoms with Crippen LogP contribution in [-0.2, 0) is 0 Å². The number of amides is 2. The van der Waals surface area contributed by atoms with Crippen LogP contribution in [0.4, 0.5) is 4.79 Å². The van der Waals surface area contributed by atoms with E-state index in [-0.39, 0.29) is 18.1 Å². The van der Waals surface area contributed by atoms with E-state index in [9.17, 15) is 4.79 Å². The molecule has 0 atom stereocenters. The second-order valence-electron chi connectivity index (χ2n) is 8.81. The molecule has 0 heterocycles. The summed E-state index contributed by atoms with van der Waals surface area (Å²) in [6.07, 6.45) is 9.81. The van der Waals surface area contributed by atoms with Crippen molar-refractivity contribution in [3.8, 4) is 5.75 Å². The normalized spacial score (nSPS) is 14.3. The van der Waals surface area contributed by atoms with Crippen molar-refractivity contribution < 1.29 is 9.53 Å². The zero-order valence-electron chi connectivity index (χ0n) is 19.9. The van der Waals surface area contributed by atoms with Gasteiger partial charge in [0.2, 0.25) is 0 Å². The van der Waals surface area contributed by atoms with Crippen LogP contribution >= 0.6 is 0 Å². The van der Waals surface area contributed by atoms with Gasteiger partial charge in [-0.2, -0.15) is 0 Å². The Morgan fingerprint density at radius 2 is 1.50 bits per heavy atom. The molecule has 4 nitrogen and oxygen atoms in total. The van der Waals surface area contributed by atoms with Crippen LogP contribution < -0.4 is 10.1 Å². The van der Waals surface area contributed by atoms with Crippen molar-refractivity contribution in [2.24, 2.45) is 0 Å².